The van der Waals surface area contributed by atoms with Gasteiger partial charge in [0.25, 0.3) is 0 Å². The van der Waals surface area contributed by atoms with Crippen molar-refractivity contribution < 1.29 is 4.79 Å². The average molecular weight is 330 g/mol. The molecule has 1 heterocycles. The van der Waals surface area contributed by atoms with Gasteiger partial charge in [-0.25, -0.2) is 4.68 Å². The van der Waals surface area contributed by atoms with Crippen LogP contribution in [-0.4, -0.2) is 22.1 Å². The summed E-state index contributed by atoms with van der Waals surface area (Å²) >= 11 is 0. The molecule has 0 radical (unpaired) electrons. The highest BCUT2D eigenvalue weighted by Gasteiger charge is 2.08. The molecule has 2 aromatic carbocycles. The maximum Gasteiger partial charge on any atom is 0.161 e. The number of anilines is 1. The van der Waals surface area contributed by atoms with Crippen molar-refractivity contribution in [2.24, 2.45) is 0 Å². The van der Waals surface area contributed by atoms with Crippen LogP contribution in [0.2, 0.25) is 0 Å². The fourth-order valence-electron chi connectivity index (χ4n) is 2.65. The van der Waals surface area contributed by atoms with Crippen LogP contribution in [0.25, 0.3) is 5.69 Å². The van der Waals surface area contributed by atoms with Crippen LogP contribution in [-0.2, 0) is 6.42 Å². The second kappa shape index (κ2) is 7.45. The van der Waals surface area contributed by atoms with Crippen LogP contribution < -0.4 is 5.32 Å². The molecule has 5 nitrogen and oxygen atoms in total. The Morgan fingerprint density at radius 1 is 1.24 bits per heavy atom. The normalized spacial score (nSPS) is 10.2. The summed E-state index contributed by atoms with van der Waals surface area (Å²) in [6.45, 7) is 2.21. The van der Waals surface area contributed by atoms with E-state index in [4.69, 9.17) is 5.26 Å². The molecule has 0 spiro atoms. The Bertz CT molecular complexity index is 906. The summed E-state index contributed by atoms with van der Waals surface area (Å²) in [5.41, 5.74) is 4.05. The van der Waals surface area contributed by atoms with Gasteiger partial charge in [-0.15, -0.1) is 0 Å². The monoisotopic (exact) mass is 330 g/mol. The third-order valence-corrected chi connectivity index (χ3v) is 3.96. The van der Waals surface area contributed by atoms with E-state index in [1.54, 1.807) is 24.4 Å². The van der Waals surface area contributed by atoms with Gasteiger partial charge in [-0.3, -0.25) is 4.79 Å². The molecule has 124 valence electrons. The second-order valence-electron chi connectivity index (χ2n) is 5.72. The molecule has 25 heavy (non-hydrogen) atoms. The molecular formula is C20H18N4O. The molecule has 5 heteroatoms. The van der Waals surface area contributed by atoms with Crippen LogP contribution in [0.4, 0.5) is 5.69 Å². The number of ketones is 1. The Morgan fingerprint density at radius 2 is 2.04 bits per heavy atom. The third-order valence-electron chi connectivity index (χ3n) is 3.96. The van der Waals surface area contributed by atoms with Gasteiger partial charge in [-0.1, -0.05) is 12.1 Å². The Hall–Kier alpha value is -3.39. The lowest BCUT2D eigenvalue weighted by atomic mass is 10.1. The van der Waals surface area contributed by atoms with Crippen molar-refractivity contribution in [1.29, 1.82) is 5.26 Å². The molecule has 1 N–H and O–H groups in total. The molecule has 0 amide bonds. The molecule has 0 aliphatic carbocycles. The summed E-state index contributed by atoms with van der Waals surface area (Å²) < 4.78 is 1.81. The zero-order valence-corrected chi connectivity index (χ0v) is 13.9. The molecule has 3 aromatic rings. The molecule has 0 bridgehead atoms. The maximum absolute atomic E-state index is 11.7. The van der Waals surface area contributed by atoms with Crippen molar-refractivity contribution in [3.05, 3.63) is 77.6 Å². The minimum absolute atomic E-state index is 0.0180. The summed E-state index contributed by atoms with van der Waals surface area (Å²) in [5, 5.41) is 16.5. The predicted octanol–water partition coefficient (Wildman–Crippen LogP) is 3.60. The van der Waals surface area contributed by atoms with E-state index in [9.17, 15) is 4.79 Å². The van der Waals surface area contributed by atoms with Crippen molar-refractivity contribution in [1.82, 2.24) is 9.78 Å². The van der Waals surface area contributed by atoms with Gasteiger partial charge in [0.15, 0.2) is 5.78 Å². The van der Waals surface area contributed by atoms with Crippen LogP contribution in [0.1, 0.15) is 28.4 Å². The van der Waals surface area contributed by atoms with E-state index in [-0.39, 0.29) is 5.78 Å². The van der Waals surface area contributed by atoms with Gasteiger partial charge < -0.3 is 5.32 Å². The van der Waals surface area contributed by atoms with Crippen molar-refractivity contribution in [3.63, 3.8) is 0 Å². The van der Waals surface area contributed by atoms with Crippen molar-refractivity contribution in [2.45, 2.75) is 13.3 Å². The Labute approximate surface area is 146 Å². The van der Waals surface area contributed by atoms with Crippen LogP contribution in [0, 0.1) is 11.3 Å². The van der Waals surface area contributed by atoms with Crippen LogP contribution in [0.15, 0.2) is 60.9 Å². The Balaban J connectivity index is 1.65. The summed E-state index contributed by atoms with van der Waals surface area (Å²) in [5.74, 6) is -0.0180. The number of nitrogens with one attached hydrogen (secondary N) is 1. The summed E-state index contributed by atoms with van der Waals surface area (Å²) in [6, 6.07) is 17.3. The predicted molar refractivity (Wildman–Crippen MR) is 96.9 cm³/mol. The zero-order chi connectivity index (χ0) is 17.6. The van der Waals surface area contributed by atoms with Crippen LogP contribution in [0.3, 0.4) is 0 Å². The van der Waals surface area contributed by atoms with E-state index in [0.29, 0.717) is 23.4 Å². The quantitative estimate of drug-likeness (QED) is 0.701. The molecular weight excluding hydrogens is 312 g/mol. The standard InChI is InChI=1S/C20H18N4O/c1-15(25)19-8-5-17(14-21)13-20(19)22-11-9-16-3-6-18(7-4-16)24-12-2-10-23-24/h2-8,10,12-13,22H,9,11H2,1H3. The molecule has 0 unspecified atom stereocenters. The highest BCUT2D eigenvalue weighted by atomic mass is 16.1. The molecule has 0 aliphatic heterocycles. The summed E-state index contributed by atoms with van der Waals surface area (Å²) in [6.07, 6.45) is 4.47. The second-order valence-corrected chi connectivity index (χ2v) is 5.72. The first kappa shape index (κ1) is 16.5. The number of nitrogens with zero attached hydrogens (tertiary/aromatic N) is 3. The van der Waals surface area contributed by atoms with E-state index >= 15 is 0 Å². The van der Waals surface area contributed by atoms with Crippen LogP contribution in [0.5, 0.6) is 0 Å². The van der Waals surface area contributed by atoms with Gasteiger partial charge in [0.2, 0.25) is 0 Å². The van der Waals surface area contributed by atoms with E-state index in [1.165, 1.54) is 12.5 Å². The Morgan fingerprint density at radius 3 is 2.68 bits per heavy atom. The summed E-state index contributed by atoms with van der Waals surface area (Å²) in [7, 11) is 0. The van der Waals surface area contributed by atoms with E-state index < -0.39 is 0 Å². The van der Waals surface area contributed by atoms with Gasteiger partial charge in [0.1, 0.15) is 0 Å². The first-order valence-corrected chi connectivity index (χ1v) is 8.05. The molecule has 1 aromatic heterocycles. The van der Waals surface area contributed by atoms with Gasteiger partial charge in [-0.2, -0.15) is 10.4 Å². The SMILES string of the molecule is CC(=O)c1ccc(C#N)cc1NCCc1ccc(-n2cccn2)cc1. The highest BCUT2D eigenvalue weighted by molar-refractivity contribution is 5.99. The first-order valence-electron chi connectivity index (χ1n) is 8.05. The Kier molecular flexibility index (Phi) is 4.91. The lowest BCUT2D eigenvalue weighted by Gasteiger charge is -2.11. The lowest BCUT2D eigenvalue weighted by Crippen LogP contribution is -2.09. The summed E-state index contributed by atoms with van der Waals surface area (Å²) in [4.78, 5) is 11.7. The molecule has 0 saturated heterocycles. The molecule has 0 atom stereocenters. The topological polar surface area (TPSA) is 70.7 Å². The third kappa shape index (κ3) is 3.93. The smallest absolute Gasteiger partial charge is 0.161 e. The average Bonchev–Trinajstić information content (AvgIpc) is 3.16. The van der Waals surface area contributed by atoms with Gasteiger partial charge in [-0.05, 0) is 55.3 Å². The number of Topliss-reactive ketones (excluding diaryl/α,β-unsaturated/α-hetero) is 1. The fourth-order valence-corrected chi connectivity index (χ4v) is 2.65. The number of benzene rings is 2. The van der Waals surface area contributed by atoms with Crippen molar-refractivity contribution in [3.8, 4) is 11.8 Å². The number of carbonyl (C=O) groups excluding carboxylic acids is 1. The van der Waals surface area contributed by atoms with Crippen LogP contribution >= 0.6 is 0 Å². The van der Waals surface area contributed by atoms with Crippen molar-refractivity contribution in [2.75, 3.05) is 11.9 Å². The minimum Gasteiger partial charge on any atom is -0.384 e. The fraction of sp³-hybridized carbons (Fsp3) is 0.150. The first-order chi connectivity index (χ1) is 12.2. The largest absolute Gasteiger partial charge is 0.384 e. The number of carbonyl (C=O) groups is 1. The molecule has 0 aliphatic rings. The molecule has 0 fully saturated rings. The van der Waals surface area contributed by atoms with E-state index in [0.717, 1.165) is 12.1 Å². The lowest BCUT2D eigenvalue weighted by molar-refractivity contribution is 0.101. The molecule has 3 rings (SSSR count). The number of rotatable bonds is 6. The maximum atomic E-state index is 11.7. The zero-order valence-electron chi connectivity index (χ0n) is 13.9. The number of aromatic nitrogens is 2. The highest BCUT2D eigenvalue weighted by Crippen LogP contribution is 2.18. The number of hydrogen-bond donors (Lipinski definition) is 1. The van der Waals surface area contributed by atoms with E-state index in [1.807, 2.05) is 29.1 Å². The minimum atomic E-state index is -0.0180. The molecule has 0 saturated carbocycles. The number of nitriles is 1. The van der Waals surface area contributed by atoms with Gasteiger partial charge in [0.05, 0.1) is 17.3 Å². The number of hydrogen-bond acceptors (Lipinski definition) is 4. The van der Waals surface area contributed by atoms with E-state index in [2.05, 4.69) is 28.6 Å². The van der Waals surface area contributed by atoms with Crippen molar-refractivity contribution >= 4 is 11.5 Å². The van der Waals surface area contributed by atoms with Gasteiger partial charge in [0, 0.05) is 30.2 Å². The van der Waals surface area contributed by atoms with Gasteiger partial charge >= 0.3 is 0 Å².